The third kappa shape index (κ3) is 2.17. The first-order valence-corrected chi connectivity index (χ1v) is 5.47. The smallest absolute Gasteiger partial charge is 0.287 e. The molecule has 16 heavy (non-hydrogen) atoms. The van der Waals surface area contributed by atoms with Crippen molar-refractivity contribution in [2.75, 3.05) is 0 Å². The van der Waals surface area contributed by atoms with E-state index in [2.05, 4.69) is 6.92 Å². The van der Waals surface area contributed by atoms with Gasteiger partial charge in [-0.15, -0.1) is 0 Å². The molecule has 2 aromatic rings. The van der Waals surface area contributed by atoms with Gasteiger partial charge in [0.1, 0.15) is 5.76 Å². The second-order valence-corrected chi connectivity index (χ2v) is 3.83. The highest BCUT2D eigenvalue weighted by Crippen LogP contribution is 2.23. The molecule has 0 aliphatic heterocycles. The average molecular weight is 235 g/mol. The Morgan fingerprint density at radius 2 is 1.88 bits per heavy atom. The van der Waals surface area contributed by atoms with Crippen molar-refractivity contribution >= 4 is 16.8 Å². The summed E-state index contributed by atoms with van der Waals surface area (Å²) in [6.45, 7) is 2.10. The molecule has 0 atom stereocenters. The van der Waals surface area contributed by atoms with Crippen LogP contribution < -0.4 is 0 Å². The molecule has 0 saturated heterocycles. The van der Waals surface area contributed by atoms with Gasteiger partial charge in [-0.3, -0.25) is 4.79 Å². The first kappa shape index (κ1) is 11.0. The minimum atomic E-state index is -0.573. The molecule has 0 radical (unpaired) electrons. The molecule has 0 aliphatic rings. The largest absolute Gasteiger partial charge is 0.452 e. The van der Waals surface area contributed by atoms with Gasteiger partial charge in [-0.1, -0.05) is 31.2 Å². The summed E-state index contributed by atoms with van der Waals surface area (Å²) in [5.41, 5.74) is 2.21. The predicted molar refractivity (Wildman–Crippen MR) is 63.7 cm³/mol. The Balaban J connectivity index is 2.31. The lowest BCUT2D eigenvalue weighted by Gasteiger charge is -1.99. The van der Waals surface area contributed by atoms with E-state index in [9.17, 15) is 4.79 Å². The highest BCUT2D eigenvalue weighted by atomic mass is 35.5. The van der Waals surface area contributed by atoms with Crippen LogP contribution >= 0.6 is 11.6 Å². The van der Waals surface area contributed by atoms with E-state index in [1.165, 1.54) is 5.56 Å². The molecule has 2 rings (SSSR count). The van der Waals surface area contributed by atoms with Crippen molar-refractivity contribution in [2.24, 2.45) is 0 Å². The van der Waals surface area contributed by atoms with Gasteiger partial charge in [0.2, 0.25) is 0 Å². The van der Waals surface area contributed by atoms with E-state index in [-0.39, 0.29) is 5.76 Å². The summed E-state index contributed by atoms with van der Waals surface area (Å²) in [6.07, 6.45) is 1.00. The number of rotatable bonds is 3. The monoisotopic (exact) mass is 234 g/mol. The zero-order chi connectivity index (χ0) is 11.5. The fraction of sp³-hybridized carbons (Fsp3) is 0.154. The molecular weight excluding hydrogens is 224 g/mol. The van der Waals surface area contributed by atoms with Crippen molar-refractivity contribution < 1.29 is 9.21 Å². The van der Waals surface area contributed by atoms with Crippen LogP contribution in [-0.2, 0) is 6.42 Å². The van der Waals surface area contributed by atoms with Crippen LogP contribution in [0.25, 0.3) is 11.3 Å². The number of benzene rings is 1. The fourth-order valence-corrected chi connectivity index (χ4v) is 1.60. The van der Waals surface area contributed by atoms with Crippen LogP contribution in [-0.4, -0.2) is 5.24 Å². The Labute approximate surface area is 98.8 Å². The van der Waals surface area contributed by atoms with E-state index in [1.54, 1.807) is 12.1 Å². The third-order valence-electron chi connectivity index (χ3n) is 2.45. The van der Waals surface area contributed by atoms with Crippen LogP contribution in [0.5, 0.6) is 0 Å². The van der Waals surface area contributed by atoms with Crippen molar-refractivity contribution in [3.63, 3.8) is 0 Å². The van der Waals surface area contributed by atoms with Crippen molar-refractivity contribution in [1.82, 2.24) is 0 Å². The summed E-state index contributed by atoms with van der Waals surface area (Å²) in [5, 5.41) is -0.573. The van der Waals surface area contributed by atoms with Crippen molar-refractivity contribution in [3.8, 4) is 11.3 Å². The van der Waals surface area contributed by atoms with Gasteiger partial charge in [0.15, 0.2) is 5.76 Å². The van der Waals surface area contributed by atoms with Crippen LogP contribution in [0.15, 0.2) is 40.8 Å². The quantitative estimate of drug-likeness (QED) is 0.755. The van der Waals surface area contributed by atoms with Crippen molar-refractivity contribution in [3.05, 3.63) is 47.7 Å². The average Bonchev–Trinajstić information content (AvgIpc) is 2.78. The number of hydrogen-bond acceptors (Lipinski definition) is 2. The maximum Gasteiger partial charge on any atom is 0.287 e. The van der Waals surface area contributed by atoms with E-state index in [0.29, 0.717) is 5.76 Å². The van der Waals surface area contributed by atoms with Crippen LogP contribution in [0.1, 0.15) is 23.0 Å². The first-order chi connectivity index (χ1) is 7.70. The molecule has 0 unspecified atom stereocenters. The zero-order valence-corrected chi connectivity index (χ0v) is 9.62. The Morgan fingerprint density at radius 3 is 2.38 bits per heavy atom. The molecule has 1 aromatic heterocycles. The number of carbonyl (C=O) groups is 1. The standard InChI is InChI=1S/C13H11ClO2/c1-2-9-3-5-10(6-4-9)11-7-8-12(16-11)13(14)15/h3-8H,2H2,1H3. The molecule has 0 fully saturated rings. The van der Waals surface area contributed by atoms with Gasteiger partial charge < -0.3 is 4.42 Å². The Bertz CT molecular complexity index is 497. The number of furan rings is 1. The molecule has 0 bridgehead atoms. The topological polar surface area (TPSA) is 30.2 Å². The summed E-state index contributed by atoms with van der Waals surface area (Å²) in [5.74, 6) is 0.836. The number of carbonyl (C=O) groups excluding carboxylic acids is 1. The van der Waals surface area contributed by atoms with Gasteiger partial charge in [0.25, 0.3) is 5.24 Å². The molecule has 0 aliphatic carbocycles. The lowest BCUT2D eigenvalue weighted by Crippen LogP contribution is -1.82. The highest BCUT2D eigenvalue weighted by Gasteiger charge is 2.09. The van der Waals surface area contributed by atoms with E-state index in [1.807, 2.05) is 24.3 Å². The zero-order valence-electron chi connectivity index (χ0n) is 8.87. The van der Waals surface area contributed by atoms with E-state index < -0.39 is 5.24 Å². The molecule has 0 amide bonds. The number of hydrogen-bond donors (Lipinski definition) is 0. The van der Waals surface area contributed by atoms with Gasteiger partial charge in [0, 0.05) is 5.56 Å². The van der Waals surface area contributed by atoms with Crippen LogP contribution in [0.2, 0.25) is 0 Å². The highest BCUT2D eigenvalue weighted by molar-refractivity contribution is 6.67. The lowest BCUT2D eigenvalue weighted by atomic mass is 10.1. The van der Waals surface area contributed by atoms with E-state index in [4.69, 9.17) is 16.0 Å². The summed E-state index contributed by atoms with van der Waals surface area (Å²) < 4.78 is 5.32. The second-order valence-electron chi connectivity index (χ2n) is 3.49. The van der Waals surface area contributed by atoms with Gasteiger partial charge in [-0.25, -0.2) is 0 Å². The van der Waals surface area contributed by atoms with Gasteiger partial charge in [-0.05, 0) is 35.7 Å². The van der Waals surface area contributed by atoms with Crippen molar-refractivity contribution in [1.29, 1.82) is 0 Å². The maximum absolute atomic E-state index is 10.9. The molecular formula is C13H11ClO2. The Kier molecular flexibility index (Phi) is 3.11. The third-order valence-corrected chi connectivity index (χ3v) is 2.63. The molecule has 1 heterocycles. The molecule has 0 N–H and O–H groups in total. The Hall–Kier alpha value is -1.54. The van der Waals surface area contributed by atoms with Crippen molar-refractivity contribution in [2.45, 2.75) is 13.3 Å². The predicted octanol–water partition coefficient (Wildman–Crippen LogP) is 3.89. The summed E-state index contributed by atoms with van der Waals surface area (Å²) in [6, 6.07) is 11.4. The van der Waals surface area contributed by atoms with Crippen LogP contribution in [0.3, 0.4) is 0 Å². The van der Waals surface area contributed by atoms with E-state index in [0.717, 1.165) is 12.0 Å². The normalized spacial score (nSPS) is 10.4. The van der Waals surface area contributed by atoms with E-state index >= 15 is 0 Å². The van der Waals surface area contributed by atoms with Gasteiger partial charge in [0.05, 0.1) is 0 Å². The minimum Gasteiger partial charge on any atom is -0.452 e. The van der Waals surface area contributed by atoms with Crippen LogP contribution in [0.4, 0.5) is 0 Å². The van der Waals surface area contributed by atoms with Gasteiger partial charge in [-0.2, -0.15) is 0 Å². The molecule has 3 heteroatoms. The number of aryl methyl sites for hydroxylation is 1. The first-order valence-electron chi connectivity index (χ1n) is 5.09. The molecule has 0 spiro atoms. The Morgan fingerprint density at radius 1 is 1.19 bits per heavy atom. The van der Waals surface area contributed by atoms with Gasteiger partial charge >= 0.3 is 0 Å². The minimum absolute atomic E-state index is 0.177. The molecule has 2 nitrogen and oxygen atoms in total. The molecule has 0 saturated carbocycles. The SMILES string of the molecule is CCc1ccc(-c2ccc(C(=O)Cl)o2)cc1. The summed E-state index contributed by atoms with van der Waals surface area (Å²) in [7, 11) is 0. The maximum atomic E-state index is 10.9. The molecule has 1 aromatic carbocycles. The lowest BCUT2D eigenvalue weighted by molar-refractivity contribution is 0.105. The van der Waals surface area contributed by atoms with Crippen LogP contribution in [0, 0.1) is 0 Å². The number of halogens is 1. The second kappa shape index (κ2) is 4.54. The molecule has 82 valence electrons. The summed E-state index contributed by atoms with van der Waals surface area (Å²) in [4.78, 5) is 10.9. The summed E-state index contributed by atoms with van der Waals surface area (Å²) >= 11 is 5.32. The fourth-order valence-electron chi connectivity index (χ4n) is 1.50.